The summed E-state index contributed by atoms with van der Waals surface area (Å²) in [5.41, 5.74) is 0. The summed E-state index contributed by atoms with van der Waals surface area (Å²) in [6, 6.07) is 0. The largest absolute Gasteiger partial charge is 0.512 e. The first kappa shape index (κ1) is 92.5. The Balaban J connectivity index is 4.40. The number of hydrogen-bond acceptors (Lipinski definition) is 35. The molecule has 0 saturated heterocycles. The van der Waals surface area contributed by atoms with Gasteiger partial charge in [0.25, 0.3) is 0 Å². The summed E-state index contributed by atoms with van der Waals surface area (Å²) >= 11 is 0. The van der Waals surface area contributed by atoms with E-state index < -0.39 is 52.2 Å². The molecule has 0 N–H and O–H groups in total. The van der Waals surface area contributed by atoms with E-state index >= 15 is 0 Å². The van der Waals surface area contributed by atoms with Crippen molar-refractivity contribution in [3.63, 3.8) is 0 Å². The maximum atomic E-state index is 6.39. The molecule has 40 heteroatoms. The van der Waals surface area contributed by atoms with Gasteiger partial charge in [0.15, 0.2) is 0 Å². The van der Waals surface area contributed by atoms with Gasteiger partial charge in [-0.1, -0.05) is 153 Å². The normalized spacial score (nSPS) is 16.8. The van der Waals surface area contributed by atoms with Crippen LogP contribution < -0.4 is 0 Å². The second kappa shape index (κ2) is 58.9. The molecule has 1 saturated carbocycles. The van der Waals surface area contributed by atoms with Crippen LogP contribution in [0.15, 0.2) is 0 Å². The molecule has 0 spiro atoms. The molecule has 1 unspecified atom stereocenters. The minimum absolute atomic E-state index is 0.167. The third kappa shape index (κ3) is 37.5. The maximum absolute atomic E-state index is 6.39. The van der Waals surface area contributed by atoms with Gasteiger partial charge in [0.1, 0.15) is 8.16 Å². The zero-order valence-corrected chi connectivity index (χ0v) is 75.2. The second-order valence-corrected chi connectivity index (χ2v) is 63.8. The third-order valence-electron chi connectivity index (χ3n) is 11.3. The van der Waals surface area contributed by atoms with Crippen LogP contribution >= 0.6 is 206 Å². The first-order chi connectivity index (χ1) is 42.3. The van der Waals surface area contributed by atoms with Crippen molar-refractivity contribution in [3.8, 4) is 0 Å². The van der Waals surface area contributed by atoms with Gasteiger partial charge in [-0.05, 0) is 215 Å². The van der Waals surface area contributed by atoms with Crippen molar-refractivity contribution in [1.82, 2.24) is 0 Å². The van der Waals surface area contributed by atoms with E-state index in [1.165, 1.54) is 32.1 Å². The maximum Gasteiger partial charge on any atom is 0.512 e. The minimum Gasteiger partial charge on any atom is -0.373 e. The Morgan fingerprint density at radius 3 is 0.736 bits per heavy atom. The molecule has 0 aromatic rings. The van der Waals surface area contributed by atoms with Crippen LogP contribution in [-0.2, 0) is 66.4 Å². The zero-order chi connectivity index (χ0) is 64.3. The van der Waals surface area contributed by atoms with Crippen molar-refractivity contribution in [2.24, 2.45) is 0 Å². The van der Waals surface area contributed by atoms with Gasteiger partial charge in [-0.2, -0.15) is 0 Å². The number of hydrogen-bond donors (Lipinski definition) is 0. The summed E-state index contributed by atoms with van der Waals surface area (Å²) in [6.07, 6.45) is 10.3. The van der Waals surface area contributed by atoms with Crippen LogP contribution in [0.4, 0.5) is 0 Å². The Hall–Kier alpha value is 7.48. The lowest BCUT2D eigenvalue weighted by molar-refractivity contribution is 0.0765. The standard InChI is InChI=1S/C47H104O15S20Si5/c1-16-48-83(49-17-2,50-18-3)40-63-73-78-68-45-38-36-34-32-31-33-35-37-39-46(69-79-74-64-41-84(51-19-4,52-20-5)53-21-6,70-80-75-65-42-85(54-22-7,55-23-8)56-24-9)47(45,71-81-76-66-43-86(57-25-10,58-26-11)59-27-12)72-82-77-67-44-87(60-28-13,61-29-14)62-30-15/h45H,16-44H2,1-15H3. The Bertz CT molecular complexity index is 1450. The monoisotopic (exact) mass is 1690 g/mol. The fourth-order valence-electron chi connectivity index (χ4n) is 8.21. The van der Waals surface area contributed by atoms with E-state index in [-0.39, 0.29) is 5.25 Å². The SMILES string of the molecule is CCO[Si](CSSSSC1CCCCCCCCCC(SSSSC[Si](OCC)(OCC)OCC)(SSSSC[Si](OCC)(OCC)OCC)C1(SSSSC[Si](OCC)(OCC)OCC)SSSSC[Si](OCC)(OCC)OCC)(OCC)OCC. The summed E-state index contributed by atoms with van der Waals surface area (Å²) < 4.78 is 94.8. The molecule has 1 atom stereocenters. The highest BCUT2D eigenvalue weighted by Gasteiger charge is 2.60. The molecule has 15 nitrogen and oxygen atoms in total. The van der Waals surface area contributed by atoms with Crippen LogP contribution in [-0.4, -0.2) is 183 Å². The average Bonchev–Trinajstić information content (AvgIpc) is 0.847. The fraction of sp³-hybridized carbons (Fsp3) is 1.00. The molecule has 0 bridgehead atoms. The lowest BCUT2D eigenvalue weighted by Gasteiger charge is -2.50. The summed E-state index contributed by atoms with van der Waals surface area (Å²) in [6.45, 7) is 38.4. The Morgan fingerprint density at radius 1 is 0.264 bits per heavy atom. The molecular formula is C47H104O15S20Si5. The van der Waals surface area contributed by atoms with Crippen LogP contribution in [0.1, 0.15) is 162 Å². The van der Waals surface area contributed by atoms with Crippen molar-refractivity contribution in [2.45, 2.75) is 175 Å². The predicted molar refractivity (Wildman–Crippen MR) is 430 cm³/mol. The molecule has 1 rings (SSSR count). The van der Waals surface area contributed by atoms with Gasteiger partial charge in [0.2, 0.25) is 0 Å². The van der Waals surface area contributed by atoms with E-state index in [1.54, 1.807) is 54.0 Å². The van der Waals surface area contributed by atoms with E-state index in [1.807, 2.05) is 256 Å². The first-order valence-corrected chi connectivity index (χ1v) is 64.7. The lowest BCUT2D eigenvalue weighted by atomic mass is 9.99. The van der Waals surface area contributed by atoms with Crippen LogP contribution in [0, 0.1) is 0 Å². The summed E-state index contributed by atoms with van der Waals surface area (Å²) in [4.78, 5) is 0. The summed E-state index contributed by atoms with van der Waals surface area (Å²) in [5.74, 6) is 0. The minimum atomic E-state index is -2.95. The van der Waals surface area contributed by atoms with Crippen LogP contribution in [0.5, 0.6) is 0 Å². The number of rotatable bonds is 60. The van der Waals surface area contributed by atoms with Crippen molar-refractivity contribution in [3.05, 3.63) is 0 Å². The second-order valence-electron chi connectivity index (χ2n) is 17.3. The molecule has 1 aliphatic carbocycles. The molecule has 0 aliphatic heterocycles. The van der Waals surface area contributed by atoms with Crippen LogP contribution in [0.25, 0.3) is 0 Å². The average molecular weight is 1690 g/mol. The highest BCUT2D eigenvalue weighted by atomic mass is 33.7. The van der Waals surface area contributed by atoms with Gasteiger partial charge in [0, 0.05) is 104 Å². The van der Waals surface area contributed by atoms with Crippen molar-refractivity contribution >= 4 is 250 Å². The van der Waals surface area contributed by atoms with E-state index in [9.17, 15) is 0 Å². The van der Waals surface area contributed by atoms with E-state index in [0.29, 0.717) is 126 Å². The van der Waals surface area contributed by atoms with E-state index in [4.69, 9.17) is 66.4 Å². The first-order valence-electron chi connectivity index (χ1n) is 30.1. The molecule has 1 aliphatic rings. The smallest absolute Gasteiger partial charge is 0.373 e. The molecule has 0 radical (unpaired) electrons. The third-order valence-corrected chi connectivity index (χ3v) is 70.1. The Kier molecular flexibility index (Phi) is 62.7. The predicted octanol–water partition coefficient (Wildman–Crippen LogP) is 21.6. The van der Waals surface area contributed by atoms with Gasteiger partial charge >= 0.3 is 44.0 Å². The Labute approximate surface area is 609 Å². The topological polar surface area (TPSA) is 138 Å². The molecule has 0 aromatic heterocycles. The summed E-state index contributed by atoms with van der Waals surface area (Å²) in [5, 5.41) is 3.39. The van der Waals surface area contributed by atoms with Gasteiger partial charge in [-0.3, -0.25) is 0 Å². The highest BCUT2D eigenvalue weighted by Crippen LogP contribution is 2.77. The Morgan fingerprint density at radius 2 is 0.483 bits per heavy atom. The van der Waals surface area contributed by atoms with Crippen molar-refractivity contribution < 1.29 is 66.4 Å². The van der Waals surface area contributed by atoms with Gasteiger partial charge in [-0.25, -0.2) is 0 Å². The quantitative estimate of drug-likeness (QED) is 0.0247. The molecule has 0 amide bonds. The van der Waals surface area contributed by atoms with E-state index in [2.05, 4.69) is 0 Å². The van der Waals surface area contributed by atoms with Gasteiger partial charge in [0.05, 0.1) is 26.9 Å². The van der Waals surface area contributed by atoms with Crippen molar-refractivity contribution in [2.75, 3.05) is 126 Å². The van der Waals surface area contributed by atoms with Crippen LogP contribution in [0.2, 0.25) is 0 Å². The summed E-state index contributed by atoms with van der Waals surface area (Å²) in [7, 11) is 23.0. The molecule has 0 aromatic carbocycles. The van der Waals surface area contributed by atoms with Crippen LogP contribution in [0.3, 0.4) is 0 Å². The van der Waals surface area contributed by atoms with Gasteiger partial charge in [-0.15, -0.1) is 0 Å². The molecule has 1 fully saturated rings. The lowest BCUT2D eigenvalue weighted by Crippen LogP contribution is -2.50. The highest BCUT2D eigenvalue weighted by molar-refractivity contribution is 9.31. The molecule has 522 valence electrons. The zero-order valence-electron chi connectivity index (χ0n) is 53.9. The molecule has 0 heterocycles. The van der Waals surface area contributed by atoms with Crippen molar-refractivity contribution in [1.29, 1.82) is 0 Å². The molecular weight excluding hydrogens is 1590 g/mol. The van der Waals surface area contributed by atoms with Gasteiger partial charge < -0.3 is 66.4 Å². The molecule has 87 heavy (non-hydrogen) atoms. The fourth-order valence-corrected chi connectivity index (χ4v) is 75.3. The van der Waals surface area contributed by atoms with E-state index in [0.717, 1.165) is 25.7 Å².